The van der Waals surface area contributed by atoms with E-state index < -0.39 is 0 Å². The van der Waals surface area contributed by atoms with Crippen molar-refractivity contribution in [3.8, 4) is 5.75 Å². The molecular weight excluding hydrogens is 218 g/mol. The van der Waals surface area contributed by atoms with E-state index in [4.69, 9.17) is 9.47 Å². The molecule has 0 aliphatic carbocycles. The van der Waals surface area contributed by atoms with Gasteiger partial charge in [0.2, 0.25) is 0 Å². The van der Waals surface area contributed by atoms with Crippen molar-refractivity contribution in [1.29, 1.82) is 0 Å². The summed E-state index contributed by atoms with van der Waals surface area (Å²) in [6.07, 6.45) is 0.787. The number of ether oxygens (including phenoxy) is 2. The molecule has 0 fully saturated rings. The first-order chi connectivity index (χ1) is 8.33. The van der Waals surface area contributed by atoms with Gasteiger partial charge in [-0.15, -0.1) is 10.2 Å². The lowest BCUT2D eigenvalue weighted by Gasteiger charge is -2.06. The number of benzene rings is 1. The normalized spacial score (nSPS) is 10.7. The maximum atomic E-state index is 5.49. The Kier molecular flexibility index (Phi) is 3.82. The van der Waals surface area contributed by atoms with Crippen molar-refractivity contribution in [2.45, 2.75) is 13.3 Å². The van der Waals surface area contributed by atoms with Gasteiger partial charge in [0.05, 0.1) is 12.1 Å². The van der Waals surface area contributed by atoms with Crippen LogP contribution in [-0.4, -0.2) is 35.5 Å². The summed E-state index contributed by atoms with van der Waals surface area (Å²) in [7, 11) is 1.64. The zero-order chi connectivity index (χ0) is 12.1. The van der Waals surface area contributed by atoms with Crippen molar-refractivity contribution >= 4 is 11.0 Å². The number of aromatic nitrogens is 3. The number of methoxy groups -OCH3 is 1. The van der Waals surface area contributed by atoms with Crippen molar-refractivity contribution in [3.63, 3.8) is 0 Å². The molecule has 0 spiro atoms. The Hall–Kier alpha value is -1.75. The summed E-state index contributed by atoms with van der Waals surface area (Å²) < 4.78 is 10.4. The molecule has 0 saturated heterocycles. The Morgan fingerprint density at radius 1 is 1.12 bits per heavy atom. The zero-order valence-electron chi connectivity index (χ0n) is 10.0. The molecule has 1 aromatic heterocycles. The molecule has 0 N–H and O–H groups in total. The van der Waals surface area contributed by atoms with E-state index in [1.807, 2.05) is 25.1 Å². The number of hydrogen-bond acceptors (Lipinski definition) is 5. The maximum Gasteiger partial charge on any atom is 0.151 e. The predicted octanol–water partition coefficient (Wildman–Crippen LogP) is 1.61. The molecule has 0 saturated carbocycles. The van der Waals surface area contributed by atoms with E-state index in [1.165, 1.54) is 0 Å². The van der Waals surface area contributed by atoms with Gasteiger partial charge in [-0.25, -0.2) is 4.98 Å². The Labute approximate surface area is 99.8 Å². The van der Waals surface area contributed by atoms with Crippen LogP contribution >= 0.6 is 0 Å². The number of fused-ring (bicyclic) bond motifs is 1. The van der Waals surface area contributed by atoms with Crippen LogP contribution in [0.4, 0.5) is 0 Å². The smallest absolute Gasteiger partial charge is 0.151 e. The highest BCUT2D eigenvalue weighted by Crippen LogP contribution is 2.17. The molecule has 0 amide bonds. The van der Waals surface area contributed by atoms with Gasteiger partial charge in [0, 0.05) is 19.6 Å². The third-order valence-corrected chi connectivity index (χ3v) is 2.34. The minimum atomic E-state index is 0.524. The first kappa shape index (κ1) is 11.7. The van der Waals surface area contributed by atoms with E-state index in [2.05, 4.69) is 15.2 Å². The summed E-state index contributed by atoms with van der Waals surface area (Å²) in [5.74, 6) is 1.51. The topological polar surface area (TPSA) is 57.1 Å². The van der Waals surface area contributed by atoms with Crippen molar-refractivity contribution in [3.05, 3.63) is 24.0 Å². The second-order valence-electron chi connectivity index (χ2n) is 3.57. The van der Waals surface area contributed by atoms with Gasteiger partial charge in [0.1, 0.15) is 17.9 Å². The van der Waals surface area contributed by atoms with Crippen molar-refractivity contribution in [2.24, 2.45) is 0 Å². The minimum absolute atomic E-state index is 0.524. The second-order valence-corrected chi connectivity index (χ2v) is 3.57. The van der Waals surface area contributed by atoms with Crippen LogP contribution in [0, 0.1) is 0 Å². The van der Waals surface area contributed by atoms with E-state index in [0.717, 1.165) is 29.0 Å². The van der Waals surface area contributed by atoms with E-state index in [9.17, 15) is 0 Å². The molecule has 1 aromatic carbocycles. The Bertz CT molecular complexity index is 502. The highest BCUT2D eigenvalue weighted by Gasteiger charge is 2.02. The highest BCUT2D eigenvalue weighted by atomic mass is 16.5. The van der Waals surface area contributed by atoms with Crippen LogP contribution < -0.4 is 4.74 Å². The largest absolute Gasteiger partial charge is 0.491 e. The number of nitrogens with zero attached hydrogens (tertiary/aromatic N) is 3. The first-order valence-electron chi connectivity index (χ1n) is 5.58. The molecule has 90 valence electrons. The Balaban J connectivity index is 2.19. The van der Waals surface area contributed by atoms with Crippen LogP contribution in [0.25, 0.3) is 11.0 Å². The van der Waals surface area contributed by atoms with Gasteiger partial charge in [-0.3, -0.25) is 0 Å². The number of aryl methyl sites for hydroxylation is 1. The molecule has 5 heteroatoms. The standard InChI is InChI=1S/C12H15N3O2/c1-3-12-13-10-5-4-9(17-7-6-16-2)8-11(10)14-15-12/h4-5,8H,3,6-7H2,1-2H3. The fourth-order valence-corrected chi connectivity index (χ4v) is 1.43. The molecule has 0 unspecified atom stereocenters. The molecule has 0 atom stereocenters. The van der Waals surface area contributed by atoms with Crippen LogP contribution in [0.5, 0.6) is 5.75 Å². The molecule has 0 aliphatic heterocycles. The Morgan fingerprint density at radius 2 is 2.00 bits per heavy atom. The lowest BCUT2D eigenvalue weighted by atomic mass is 10.3. The SMILES string of the molecule is CCc1nnc2cc(OCCOC)ccc2n1. The fraction of sp³-hybridized carbons (Fsp3) is 0.417. The molecule has 1 heterocycles. The van der Waals surface area contributed by atoms with E-state index in [0.29, 0.717) is 13.2 Å². The average molecular weight is 233 g/mol. The molecule has 2 aromatic rings. The molecule has 2 rings (SSSR count). The van der Waals surface area contributed by atoms with E-state index >= 15 is 0 Å². The highest BCUT2D eigenvalue weighted by molar-refractivity contribution is 5.75. The van der Waals surface area contributed by atoms with Crippen LogP contribution in [0.2, 0.25) is 0 Å². The minimum Gasteiger partial charge on any atom is -0.491 e. The summed E-state index contributed by atoms with van der Waals surface area (Å²) in [6, 6.07) is 5.61. The van der Waals surface area contributed by atoms with Gasteiger partial charge >= 0.3 is 0 Å². The second kappa shape index (κ2) is 5.54. The summed E-state index contributed by atoms with van der Waals surface area (Å²) in [5.41, 5.74) is 1.59. The van der Waals surface area contributed by atoms with Crippen LogP contribution in [0.3, 0.4) is 0 Å². The van der Waals surface area contributed by atoms with Gasteiger partial charge in [-0.2, -0.15) is 0 Å². The van der Waals surface area contributed by atoms with E-state index in [1.54, 1.807) is 7.11 Å². The first-order valence-corrected chi connectivity index (χ1v) is 5.58. The third kappa shape index (κ3) is 2.88. The lowest BCUT2D eigenvalue weighted by molar-refractivity contribution is 0.146. The van der Waals surface area contributed by atoms with Crippen LogP contribution in [-0.2, 0) is 11.2 Å². The molecule has 0 aliphatic rings. The zero-order valence-corrected chi connectivity index (χ0v) is 10.0. The molecule has 17 heavy (non-hydrogen) atoms. The summed E-state index contributed by atoms with van der Waals surface area (Å²) in [4.78, 5) is 4.38. The number of rotatable bonds is 5. The molecular formula is C12H15N3O2. The fourth-order valence-electron chi connectivity index (χ4n) is 1.43. The predicted molar refractivity (Wildman–Crippen MR) is 64.1 cm³/mol. The number of hydrogen-bond donors (Lipinski definition) is 0. The van der Waals surface area contributed by atoms with Gasteiger partial charge in [-0.05, 0) is 12.1 Å². The molecule has 0 bridgehead atoms. The monoisotopic (exact) mass is 233 g/mol. The third-order valence-electron chi connectivity index (χ3n) is 2.34. The quantitative estimate of drug-likeness (QED) is 0.734. The maximum absolute atomic E-state index is 5.49. The van der Waals surface area contributed by atoms with Gasteiger partial charge in [-0.1, -0.05) is 6.92 Å². The van der Waals surface area contributed by atoms with Crippen molar-refractivity contribution in [2.75, 3.05) is 20.3 Å². The van der Waals surface area contributed by atoms with E-state index in [-0.39, 0.29) is 0 Å². The summed E-state index contributed by atoms with van der Waals surface area (Å²) in [6.45, 7) is 3.09. The average Bonchev–Trinajstić information content (AvgIpc) is 2.38. The molecule has 0 radical (unpaired) electrons. The van der Waals surface area contributed by atoms with Gasteiger partial charge < -0.3 is 9.47 Å². The Morgan fingerprint density at radius 3 is 2.76 bits per heavy atom. The van der Waals surface area contributed by atoms with Crippen molar-refractivity contribution < 1.29 is 9.47 Å². The summed E-state index contributed by atoms with van der Waals surface area (Å²) in [5, 5.41) is 8.14. The van der Waals surface area contributed by atoms with Crippen LogP contribution in [0.15, 0.2) is 18.2 Å². The molecule has 5 nitrogen and oxygen atoms in total. The van der Waals surface area contributed by atoms with Crippen molar-refractivity contribution in [1.82, 2.24) is 15.2 Å². The lowest BCUT2D eigenvalue weighted by Crippen LogP contribution is -2.04. The van der Waals surface area contributed by atoms with Crippen LogP contribution in [0.1, 0.15) is 12.7 Å². The van der Waals surface area contributed by atoms with Gasteiger partial charge in [0.25, 0.3) is 0 Å². The van der Waals surface area contributed by atoms with Gasteiger partial charge in [0.15, 0.2) is 5.82 Å². The summed E-state index contributed by atoms with van der Waals surface area (Å²) >= 11 is 0.